The molecule has 0 radical (unpaired) electrons. The highest BCUT2D eigenvalue weighted by Gasteiger charge is 1.97. The van der Waals surface area contributed by atoms with E-state index in [4.69, 9.17) is 5.73 Å². The molecule has 0 bridgehead atoms. The highest BCUT2D eigenvalue weighted by atomic mass is 79.9. The maximum absolute atomic E-state index is 10.0. The second-order valence-electron chi connectivity index (χ2n) is 2.34. The van der Waals surface area contributed by atoms with Crippen molar-refractivity contribution in [3.05, 3.63) is 0 Å². The fraction of sp³-hybridized carbons (Fsp3) is 0.857. The third-order valence-electron chi connectivity index (χ3n) is 1.35. The van der Waals surface area contributed by atoms with Crippen molar-refractivity contribution in [2.24, 2.45) is 5.73 Å². The fourth-order valence-electron chi connectivity index (χ4n) is 0.719. The molecule has 0 aliphatic heterocycles. The average molecular weight is 208 g/mol. The minimum atomic E-state index is -0.240. The highest BCUT2D eigenvalue weighted by molar-refractivity contribution is 9.09. The van der Waals surface area contributed by atoms with Gasteiger partial charge in [-0.05, 0) is 12.8 Å². The molecule has 0 aromatic carbocycles. The van der Waals surface area contributed by atoms with Gasteiger partial charge in [0.2, 0.25) is 0 Å². The Hall–Kier alpha value is 0.110. The molecule has 2 N–H and O–H groups in total. The lowest BCUT2D eigenvalue weighted by Crippen LogP contribution is -2.20. The molecular formula is C7H14BrNO. The zero-order valence-electron chi connectivity index (χ0n) is 6.05. The van der Waals surface area contributed by atoms with Crippen molar-refractivity contribution < 1.29 is 4.79 Å². The number of alkyl halides is 1. The van der Waals surface area contributed by atoms with Gasteiger partial charge in [-0.1, -0.05) is 28.8 Å². The first-order chi connectivity index (χ1) is 4.81. The summed E-state index contributed by atoms with van der Waals surface area (Å²) in [6, 6.07) is -0.240. The first kappa shape index (κ1) is 10.1. The van der Waals surface area contributed by atoms with Crippen molar-refractivity contribution in [2.45, 2.75) is 31.7 Å². The smallest absolute Gasteiger partial charge is 0.136 e. The molecule has 0 aliphatic rings. The van der Waals surface area contributed by atoms with Crippen LogP contribution < -0.4 is 5.73 Å². The van der Waals surface area contributed by atoms with Crippen LogP contribution in [0.4, 0.5) is 0 Å². The van der Waals surface area contributed by atoms with Crippen LogP contribution in [0.5, 0.6) is 0 Å². The zero-order valence-corrected chi connectivity index (χ0v) is 7.64. The Balaban J connectivity index is 2.95. The summed E-state index contributed by atoms with van der Waals surface area (Å²) in [6.07, 6.45) is 5.04. The van der Waals surface area contributed by atoms with Gasteiger partial charge in [0.15, 0.2) is 0 Å². The van der Waals surface area contributed by atoms with E-state index in [1.807, 2.05) is 0 Å². The summed E-state index contributed by atoms with van der Waals surface area (Å²) in [6.45, 7) is 0. The SMILES string of the molecule is N[C@H](C=O)CCCCCBr. The van der Waals surface area contributed by atoms with Gasteiger partial charge in [0, 0.05) is 5.33 Å². The van der Waals surface area contributed by atoms with Gasteiger partial charge in [-0.2, -0.15) is 0 Å². The molecule has 0 rings (SSSR count). The molecule has 0 saturated heterocycles. The summed E-state index contributed by atoms with van der Waals surface area (Å²) < 4.78 is 0. The quantitative estimate of drug-likeness (QED) is 0.408. The van der Waals surface area contributed by atoms with Crippen molar-refractivity contribution in [3.63, 3.8) is 0 Å². The lowest BCUT2D eigenvalue weighted by Gasteiger charge is -2.01. The van der Waals surface area contributed by atoms with E-state index in [0.717, 1.165) is 30.9 Å². The van der Waals surface area contributed by atoms with Crippen LogP contribution in [0.15, 0.2) is 0 Å². The number of hydrogen-bond acceptors (Lipinski definition) is 2. The maximum Gasteiger partial charge on any atom is 0.136 e. The number of carbonyl (C=O) groups excluding carboxylic acids is 1. The summed E-state index contributed by atoms with van der Waals surface area (Å²) in [7, 11) is 0. The summed E-state index contributed by atoms with van der Waals surface area (Å²) in [5, 5.41) is 1.04. The van der Waals surface area contributed by atoms with Crippen LogP contribution in [-0.4, -0.2) is 17.7 Å². The second-order valence-corrected chi connectivity index (χ2v) is 3.13. The summed E-state index contributed by atoms with van der Waals surface area (Å²) in [5.74, 6) is 0. The number of unbranched alkanes of at least 4 members (excludes halogenated alkanes) is 2. The van der Waals surface area contributed by atoms with Gasteiger partial charge in [-0.15, -0.1) is 0 Å². The molecule has 0 aliphatic carbocycles. The van der Waals surface area contributed by atoms with E-state index in [0.29, 0.717) is 0 Å². The van der Waals surface area contributed by atoms with E-state index >= 15 is 0 Å². The van der Waals surface area contributed by atoms with Crippen LogP contribution in [0, 0.1) is 0 Å². The molecule has 2 nitrogen and oxygen atoms in total. The third-order valence-corrected chi connectivity index (χ3v) is 1.91. The van der Waals surface area contributed by atoms with Gasteiger partial charge in [0.1, 0.15) is 6.29 Å². The second kappa shape index (κ2) is 7.22. The molecule has 1 atom stereocenters. The van der Waals surface area contributed by atoms with Gasteiger partial charge in [0.05, 0.1) is 6.04 Å². The largest absolute Gasteiger partial charge is 0.322 e. The van der Waals surface area contributed by atoms with Crippen molar-refractivity contribution in [3.8, 4) is 0 Å². The molecular weight excluding hydrogens is 194 g/mol. The van der Waals surface area contributed by atoms with Gasteiger partial charge in [-0.25, -0.2) is 0 Å². The number of rotatable bonds is 6. The molecule has 0 amide bonds. The molecule has 0 spiro atoms. The Labute approximate surface area is 70.3 Å². The standard InChI is InChI=1S/C7H14BrNO/c8-5-3-1-2-4-7(9)6-10/h6-7H,1-5,9H2/t7-/m0/s1. The maximum atomic E-state index is 10.0. The predicted molar refractivity (Wildman–Crippen MR) is 46.3 cm³/mol. The Morgan fingerprint density at radius 2 is 2.10 bits per heavy atom. The van der Waals surface area contributed by atoms with Crippen LogP contribution in [0.25, 0.3) is 0 Å². The summed E-state index contributed by atoms with van der Waals surface area (Å²) >= 11 is 3.33. The number of nitrogens with two attached hydrogens (primary N) is 1. The molecule has 3 heteroatoms. The summed E-state index contributed by atoms with van der Waals surface area (Å²) in [5.41, 5.74) is 5.38. The fourth-order valence-corrected chi connectivity index (χ4v) is 1.12. The van der Waals surface area contributed by atoms with Crippen LogP contribution in [0.1, 0.15) is 25.7 Å². The van der Waals surface area contributed by atoms with Crippen molar-refractivity contribution in [1.29, 1.82) is 0 Å². The molecule has 0 heterocycles. The first-order valence-corrected chi connectivity index (χ1v) is 4.70. The van der Waals surface area contributed by atoms with Crippen molar-refractivity contribution in [2.75, 3.05) is 5.33 Å². The van der Waals surface area contributed by atoms with Crippen molar-refractivity contribution in [1.82, 2.24) is 0 Å². The normalized spacial score (nSPS) is 13.0. The van der Waals surface area contributed by atoms with E-state index < -0.39 is 0 Å². The Bertz CT molecular complexity index is 87.7. The van der Waals surface area contributed by atoms with Crippen LogP contribution in [0.2, 0.25) is 0 Å². The number of halogens is 1. The Morgan fingerprint density at radius 3 is 2.60 bits per heavy atom. The Kier molecular flexibility index (Phi) is 7.30. The predicted octanol–water partition coefficient (Wildman–Crippen LogP) is 1.47. The zero-order chi connectivity index (χ0) is 7.82. The van der Waals surface area contributed by atoms with Gasteiger partial charge in [-0.3, -0.25) is 0 Å². The van der Waals surface area contributed by atoms with E-state index in [2.05, 4.69) is 15.9 Å². The molecule has 60 valence electrons. The Morgan fingerprint density at radius 1 is 1.40 bits per heavy atom. The van der Waals surface area contributed by atoms with Crippen LogP contribution in [0.3, 0.4) is 0 Å². The number of aldehydes is 1. The lowest BCUT2D eigenvalue weighted by molar-refractivity contribution is -0.109. The van der Waals surface area contributed by atoms with E-state index in [-0.39, 0.29) is 6.04 Å². The molecule has 0 aromatic heterocycles. The minimum absolute atomic E-state index is 0.240. The lowest BCUT2D eigenvalue weighted by atomic mass is 10.1. The van der Waals surface area contributed by atoms with E-state index in [9.17, 15) is 4.79 Å². The summed E-state index contributed by atoms with van der Waals surface area (Å²) in [4.78, 5) is 10.0. The topological polar surface area (TPSA) is 43.1 Å². The van der Waals surface area contributed by atoms with Gasteiger partial charge in [0.25, 0.3) is 0 Å². The van der Waals surface area contributed by atoms with Crippen LogP contribution in [-0.2, 0) is 4.79 Å². The number of hydrogen-bond donors (Lipinski definition) is 1. The van der Waals surface area contributed by atoms with Crippen molar-refractivity contribution >= 4 is 22.2 Å². The van der Waals surface area contributed by atoms with Gasteiger partial charge >= 0.3 is 0 Å². The molecule has 0 fully saturated rings. The van der Waals surface area contributed by atoms with E-state index in [1.54, 1.807) is 0 Å². The molecule has 10 heavy (non-hydrogen) atoms. The average Bonchev–Trinajstić information content (AvgIpc) is 1.98. The third kappa shape index (κ3) is 6.23. The van der Waals surface area contributed by atoms with Crippen LogP contribution >= 0.6 is 15.9 Å². The minimum Gasteiger partial charge on any atom is -0.322 e. The molecule has 0 aromatic rings. The first-order valence-electron chi connectivity index (χ1n) is 3.58. The number of carbonyl (C=O) groups is 1. The highest BCUT2D eigenvalue weighted by Crippen LogP contribution is 2.02. The molecule has 0 unspecified atom stereocenters. The monoisotopic (exact) mass is 207 g/mol. The van der Waals surface area contributed by atoms with Gasteiger partial charge < -0.3 is 10.5 Å². The van der Waals surface area contributed by atoms with E-state index in [1.165, 1.54) is 6.42 Å². The molecule has 0 saturated carbocycles.